The van der Waals surface area contributed by atoms with Crippen LogP contribution in [0.4, 0.5) is 0 Å². The van der Waals surface area contributed by atoms with E-state index in [1.165, 1.54) is 16.6 Å². The van der Waals surface area contributed by atoms with Crippen LogP contribution in [-0.2, 0) is 31.5 Å². The molecule has 0 radical (unpaired) electrons. The van der Waals surface area contributed by atoms with E-state index >= 15 is 0 Å². The lowest BCUT2D eigenvalue weighted by Gasteiger charge is -2.03. The van der Waals surface area contributed by atoms with Gasteiger partial charge in [-0.25, -0.2) is 0 Å². The number of rotatable bonds is 5. The fraction of sp³-hybridized carbons (Fsp3) is 0.368. The fourth-order valence-electron chi connectivity index (χ4n) is 3.31. The van der Waals surface area contributed by atoms with Crippen molar-refractivity contribution in [3.05, 3.63) is 47.9 Å². The molecule has 0 spiro atoms. The molecular formula is C19H23N5OS. The number of nitrogens with zero attached hydrogens (tertiary/aromatic N) is 3. The Kier molecular flexibility index (Phi) is 4.99. The Morgan fingerprint density at radius 3 is 3.19 bits per heavy atom. The lowest BCUT2D eigenvalue weighted by molar-refractivity contribution is -0.118. The van der Waals surface area contributed by atoms with Gasteiger partial charge in [0.25, 0.3) is 0 Å². The highest BCUT2D eigenvalue weighted by Gasteiger charge is 2.12. The summed E-state index contributed by atoms with van der Waals surface area (Å²) in [7, 11) is 2.03. The fourth-order valence-corrected chi connectivity index (χ4v) is 4.26. The molecule has 26 heavy (non-hydrogen) atoms. The molecule has 136 valence electrons. The molecule has 0 aliphatic carbocycles. The molecule has 7 heteroatoms. The number of hydrogen-bond acceptors (Lipinski definition) is 4. The summed E-state index contributed by atoms with van der Waals surface area (Å²) in [4.78, 5) is 13.4. The molecule has 2 aromatic heterocycles. The van der Waals surface area contributed by atoms with Crippen molar-refractivity contribution in [2.45, 2.75) is 31.0 Å². The number of carbonyl (C=O) groups excluding carboxylic acids is 1. The van der Waals surface area contributed by atoms with E-state index in [-0.39, 0.29) is 5.91 Å². The smallest absolute Gasteiger partial charge is 0.230 e. The van der Waals surface area contributed by atoms with Gasteiger partial charge in [0.15, 0.2) is 0 Å². The van der Waals surface area contributed by atoms with Crippen LogP contribution in [0.3, 0.4) is 0 Å². The van der Waals surface area contributed by atoms with Crippen molar-refractivity contribution in [2.24, 2.45) is 7.05 Å². The second-order valence-electron chi connectivity index (χ2n) is 6.57. The van der Waals surface area contributed by atoms with Crippen molar-refractivity contribution in [3.8, 4) is 0 Å². The SMILES string of the molecule is Cn1cc(SCC(=O)NCc2cc3n(n2)CCCNC3)c2ccccc21. The predicted molar refractivity (Wildman–Crippen MR) is 104 cm³/mol. The molecule has 3 aromatic rings. The zero-order valence-corrected chi connectivity index (χ0v) is 15.7. The number of benzene rings is 1. The van der Waals surface area contributed by atoms with Crippen molar-refractivity contribution in [1.29, 1.82) is 0 Å². The van der Waals surface area contributed by atoms with Crippen molar-refractivity contribution < 1.29 is 4.79 Å². The van der Waals surface area contributed by atoms with Crippen molar-refractivity contribution in [2.75, 3.05) is 12.3 Å². The number of hydrogen-bond donors (Lipinski definition) is 2. The number of thioether (sulfide) groups is 1. The zero-order valence-electron chi connectivity index (χ0n) is 14.9. The van der Waals surface area contributed by atoms with Gasteiger partial charge in [0, 0.05) is 42.1 Å². The highest BCUT2D eigenvalue weighted by atomic mass is 32.2. The minimum Gasteiger partial charge on any atom is -0.350 e. The maximum absolute atomic E-state index is 12.2. The van der Waals surface area contributed by atoms with Gasteiger partial charge in [0.2, 0.25) is 5.91 Å². The number of carbonyl (C=O) groups is 1. The predicted octanol–water partition coefficient (Wildman–Crippen LogP) is 2.28. The number of amides is 1. The summed E-state index contributed by atoms with van der Waals surface area (Å²) in [6.07, 6.45) is 3.17. The standard InChI is InChI=1S/C19H23N5OS/c1-23-12-18(16-5-2-3-6-17(16)23)26-13-19(25)21-10-14-9-15-11-20-7-4-8-24(15)22-14/h2-3,5-6,9,12,20H,4,7-8,10-11,13H2,1H3,(H,21,25). The number of aryl methyl sites for hydroxylation is 2. The second kappa shape index (κ2) is 7.55. The molecule has 1 amide bonds. The maximum Gasteiger partial charge on any atom is 0.230 e. The van der Waals surface area contributed by atoms with Crippen LogP contribution in [0.15, 0.2) is 41.4 Å². The molecule has 0 atom stereocenters. The Bertz CT molecular complexity index is 906. The third kappa shape index (κ3) is 3.64. The largest absolute Gasteiger partial charge is 0.350 e. The molecule has 4 rings (SSSR count). The van der Waals surface area contributed by atoms with Gasteiger partial charge in [0.05, 0.1) is 23.7 Å². The summed E-state index contributed by atoms with van der Waals surface area (Å²) in [6.45, 7) is 3.29. The van der Waals surface area contributed by atoms with E-state index in [4.69, 9.17) is 0 Å². The Morgan fingerprint density at radius 1 is 1.38 bits per heavy atom. The lowest BCUT2D eigenvalue weighted by atomic mass is 10.2. The zero-order chi connectivity index (χ0) is 17.9. The van der Waals surface area contributed by atoms with Crippen LogP contribution in [0.1, 0.15) is 17.8 Å². The monoisotopic (exact) mass is 369 g/mol. The molecule has 0 bridgehead atoms. The van der Waals surface area contributed by atoms with Crippen molar-refractivity contribution in [1.82, 2.24) is 25.0 Å². The molecule has 6 nitrogen and oxygen atoms in total. The average Bonchev–Trinajstić information content (AvgIpc) is 3.11. The van der Waals surface area contributed by atoms with Crippen LogP contribution in [0.2, 0.25) is 0 Å². The molecule has 1 aliphatic rings. The van der Waals surface area contributed by atoms with Crippen LogP contribution < -0.4 is 10.6 Å². The molecule has 2 N–H and O–H groups in total. The summed E-state index contributed by atoms with van der Waals surface area (Å²) >= 11 is 1.58. The van der Waals surface area contributed by atoms with Crippen LogP contribution in [0.5, 0.6) is 0 Å². The van der Waals surface area contributed by atoms with Gasteiger partial charge in [-0.2, -0.15) is 5.10 Å². The summed E-state index contributed by atoms with van der Waals surface area (Å²) < 4.78 is 4.15. The van der Waals surface area contributed by atoms with Crippen LogP contribution >= 0.6 is 11.8 Å². The topological polar surface area (TPSA) is 63.9 Å². The second-order valence-corrected chi connectivity index (χ2v) is 7.58. The van der Waals surface area contributed by atoms with Gasteiger partial charge in [-0.3, -0.25) is 9.48 Å². The lowest BCUT2D eigenvalue weighted by Crippen LogP contribution is -2.24. The van der Waals surface area contributed by atoms with Gasteiger partial charge in [-0.1, -0.05) is 18.2 Å². The third-order valence-electron chi connectivity index (χ3n) is 4.63. The molecule has 1 aliphatic heterocycles. The summed E-state index contributed by atoms with van der Waals surface area (Å²) in [5.41, 5.74) is 3.30. The van der Waals surface area contributed by atoms with E-state index in [9.17, 15) is 4.79 Å². The molecule has 0 saturated carbocycles. The Labute approximate surface area is 156 Å². The highest BCUT2D eigenvalue weighted by Crippen LogP contribution is 2.29. The Hall–Kier alpha value is -2.25. The quantitative estimate of drug-likeness (QED) is 0.677. The first-order chi connectivity index (χ1) is 12.7. The van der Waals surface area contributed by atoms with Gasteiger partial charge in [-0.05, 0) is 25.1 Å². The van der Waals surface area contributed by atoms with Crippen LogP contribution in [0, 0.1) is 0 Å². The minimum atomic E-state index is 0.0317. The van der Waals surface area contributed by atoms with E-state index in [1.807, 2.05) is 23.9 Å². The van der Waals surface area contributed by atoms with Crippen LogP contribution in [0.25, 0.3) is 10.9 Å². The van der Waals surface area contributed by atoms with Gasteiger partial charge >= 0.3 is 0 Å². The van der Waals surface area contributed by atoms with Gasteiger partial charge in [0.1, 0.15) is 0 Å². The molecular weight excluding hydrogens is 346 g/mol. The third-order valence-corrected chi connectivity index (χ3v) is 5.67. The molecule has 0 fully saturated rings. The average molecular weight is 369 g/mol. The first-order valence-electron chi connectivity index (χ1n) is 8.90. The Balaban J connectivity index is 1.33. The normalized spacial score (nSPS) is 14.2. The minimum absolute atomic E-state index is 0.0317. The first-order valence-corrected chi connectivity index (χ1v) is 9.89. The summed E-state index contributed by atoms with van der Waals surface area (Å²) in [6, 6.07) is 10.3. The number of nitrogens with one attached hydrogen (secondary N) is 2. The van der Waals surface area contributed by atoms with E-state index in [0.717, 1.165) is 36.6 Å². The molecule has 0 saturated heterocycles. The van der Waals surface area contributed by atoms with E-state index in [1.54, 1.807) is 11.8 Å². The number of fused-ring (bicyclic) bond motifs is 2. The van der Waals surface area contributed by atoms with Crippen molar-refractivity contribution >= 4 is 28.6 Å². The maximum atomic E-state index is 12.2. The Morgan fingerprint density at radius 2 is 2.27 bits per heavy atom. The molecule has 0 unspecified atom stereocenters. The summed E-state index contributed by atoms with van der Waals surface area (Å²) in [5.74, 6) is 0.438. The number of aromatic nitrogens is 3. The number of para-hydroxylation sites is 1. The first kappa shape index (κ1) is 17.2. The highest BCUT2D eigenvalue weighted by molar-refractivity contribution is 8.00. The van der Waals surface area contributed by atoms with Crippen LogP contribution in [-0.4, -0.2) is 32.6 Å². The van der Waals surface area contributed by atoms with E-state index in [0.29, 0.717) is 12.3 Å². The van der Waals surface area contributed by atoms with Gasteiger partial charge in [-0.15, -0.1) is 11.8 Å². The van der Waals surface area contributed by atoms with E-state index < -0.39 is 0 Å². The summed E-state index contributed by atoms with van der Waals surface area (Å²) in [5, 5.41) is 12.2. The van der Waals surface area contributed by atoms with Gasteiger partial charge < -0.3 is 15.2 Å². The molecule has 3 heterocycles. The van der Waals surface area contributed by atoms with E-state index in [2.05, 4.69) is 44.7 Å². The van der Waals surface area contributed by atoms with Crippen molar-refractivity contribution in [3.63, 3.8) is 0 Å². The molecule has 1 aromatic carbocycles.